The molecule has 0 saturated heterocycles. The lowest BCUT2D eigenvalue weighted by atomic mass is 9.97. The third kappa shape index (κ3) is 6.87. The first-order chi connectivity index (χ1) is 13.8. The van der Waals surface area contributed by atoms with Gasteiger partial charge in [0, 0.05) is 26.1 Å². The molecule has 0 aromatic heterocycles. The number of rotatable bonds is 9. The van der Waals surface area contributed by atoms with Gasteiger partial charge in [-0.2, -0.15) is 0 Å². The Hall–Kier alpha value is -2.37. The summed E-state index contributed by atoms with van der Waals surface area (Å²) in [6.45, 7) is 2.61. The van der Waals surface area contributed by atoms with E-state index in [-0.39, 0.29) is 23.8 Å². The van der Waals surface area contributed by atoms with E-state index in [1.165, 1.54) is 0 Å². The van der Waals surface area contributed by atoms with Crippen LogP contribution in [0.15, 0.2) is 48.5 Å². The highest BCUT2D eigenvalue weighted by Crippen LogP contribution is 2.20. The number of halogens is 1. The van der Waals surface area contributed by atoms with Crippen LogP contribution in [0.3, 0.4) is 0 Å². The van der Waals surface area contributed by atoms with Crippen molar-refractivity contribution in [2.75, 3.05) is 27.7 Å². The Morgan fingerprint density at radius 2 is 1.79 bits per heavy atom. The zero-order chi connectivity index (χ0) is 21.4. The van der Waals surface area contributed by atoms with Crippen LogP contribution in [0.5, 0.6) is 0 Å². The summed E-state index contributed by atoms with van der Waals surface area (Å²) in [4.78, 5) is 26.3. The molecule has 0 heterocycles. The smallest absolute Gasteiger partial charge is 0.252 e. The molecule has 6 heteroatoms. The second-order valence-corrected chi connectivity index (χ2v) is 7.94. The molecule has 0 aliphatic carbocycles. The second kappa shape index (κ2) is 11.0. The molecule has 0 unspecified atom stereocenters. The van der Waals surface area contributed by atoms with Gasteiger partial charge < -0.3 is 15.5 Å². The van der Waals surface area contributed by atoms with E-state index in [9.17, 15) is 9.59 Å². The van der Waals surface area contributed by atoms with E-state index in [0.29, 0.717) is 23.6 Å². The zero-order valence-electron chi connectivity index (χ0n) is 17.5. The highest BCUT2D eigenvalue weighted by Gasteiger charge is 2.17. The monoisotopic (exact) mass is 415 g/mol. The van der Waals surface area contributed by atoms with Gasteiger partial charge in [-0.05, 0) is 49.7 Å². The molecule has 0 radical (unpaired) electrons. The molecule has 0 bridgehead atoms. The molecule has 5 nitrogen and oxygen atoms in total. The summed E-state index contributed by atoms with van der Waals surface area (Å²) in [6.07, 6.45) is 1.17. The van der Waals surface area contributed by atoms with Crippen LogP contribution in [0.2, 0.25) is 5.02 Å². The number of hydrogen-bond donors (Lipinski definition) is 2. The van der Waals surface area contributed by atoms with E-state index < -0.39 is 0 Å². The van der Waals surface area contributed by atoms with Crippen molar-refractivity contribution in [2.45, 2.75) is 31.7 Å². The number of nitrogens with zero attached hydrogens (tertiary/aromatic N) is 1. The van der Waals surface area contributed by atoms with Gasteiger partial charge in [0.2, 0.25) is 5.91 Å². The molecule has 0 aliphatic heterocycles. The average molecular weight is 416 g/mol. The number of carbonyl (C=O) groups excluding carboxylic acids is 2. The molecular weight excluding hydrogens is 386 g/mol. The van der Waals surface area contributed by atoms with Crippen LogP contribution in [-0.2, 0) is 11.2 Å². The fourth-order valence-corrected chi connectivity index (χ4v) is 3.48. The molecule has 29 heavy (non-hydrogen) atoms. The fraction of sp³-hybridized carbons (Fsp3) is 0.391. The minimum atomic E-state index is -0.203. The van der Waals surface area contributed by atoms with Crippen LogP contribution < -0.4 is 10.6 Å². The largest absolute Gasteiger partial charge is 0.355 e. The number of hydrogen-bond acceptors (Lipinski definition) is 3. The molecule has 156 valence electrons. The van der Waals surface area contributed by atoms with Crippen molar-refractivity contribution in [3.63, 3.8) is 0 Å². The SMILES string of the molecule is CNC(=O)c1ccc(C[C@@H](CNC(=O)C[C@H](C)c2ccccc2)N(C)C)cc1Cl. The summed E-state index contributed by atoms with van der Waals surface area (Å²) in [7, 11) is 5.56. The fourth-order valence-electron chi connectivity index (χ4n) is 3.20. The number of nitrogens with one attached hydrogen (secondary N) is 2. The van der Waals surface area contributed by atoms with Crippen molar-refractivity contribution in [3.8, 4) is 0 Å². The Labute approximate surface area is 178 Å². The number of amides is 2. The first kappa shape index (κ1) is 22.9. The first-order valence-corrected chi connectivity index (χ1v) is 10.2. The molecule has 2 aromatic carbocycles. The Kier molecular flexibility index (Phi) is 8.68. The van der Waals surface area contributed by atoms with Gasteiger partial charge in [0.25, 0.3) is 5.91 Å². The second-order valence-electron chi connectivity index (χ2n) is 7.53. The predicted octanol–water partition coefficient (Wildman–Crippen LogP) is 3.48. The van der Waals surface area contributed by atoms with Crippen molar-refractivity contribution in [1.29, 1.82) is 0 Å². The highest BCUT2D eigenvalue weighted by molar-refractivity contribution is 6.33. The third-order valence-electron chi connectivity index (χ3n) is 5.10. The van der Waals surface area contributed by atoms with E-state index in [1.807, 2.05) is 56.6 Å². The zero-order valence-corrected chi connectivity index (χ0v) is 18.3. The molecular formula is C23H30ClN3O2. The Balaban J connectivity index is 1.94. The van der Waals surface area contributed by atoms with Crippen LogP contribution in [-0.4, -0.2) is 50.4 Å². The third-order valence-corrected chi connectivity index (χ3v) is 5.41. The van der Waals surface area contributed by atoms with Gasteiger partial charge in [-0.3, -0.25) is 9.59 Å². The van der Waals surface area contributed by atoms with Gasteiger partial charge in [0.05, 0.1) is 10.6 Å². The first-order valence-electron chi connectivity index (χ1n) is 9.80. The van der Waals surface area contributed by atoms with Gasteiger partial charge in [-0.1, -0.05) is 54.9 Å². The van der Waals surface area contributed by atoms with Crippen molar-refractivity contribution < 1.29 is 9.59 Å². The topological polar surface area (TPSA) is 61.4 Å². The average Bonchev–Trinajstić information content (AvgIpc) is 2.71. The lowest BCUT2D eigenvalue weighted by Crippen LogP contribution is -2.41. The van der Waals surface area contributed by atoms with Crippen molar-refractivity contribution >= 4 is 23.4 Å². The lowest BCUT2D eigenvalue weighted by molar-refractivity contribution is -0.121. The summed E-state index contributed by atoms with van der Waals surface area (Å²) in [5.41, 5.74) is 2.65. The van der Waals surface area contributed by atoms with Crippen LogP contribution in [0.25, 0.3) is 0 Å². The summed E-state index contributed by atoms with van der Waals surface area (Å²) >= 11 is 6.26. The molecule has 0 saturated carbocycles. The molecule has 2 atom stereocenters. The normalized spacial score (nSPS) is 13.0. The van der Waals surface area contributed by atoms with Gasteiger partial charge >= 0.3 is 0 Å². The molecule has 2 amide bonds. The number of likely N-dealkylation sites (N-methyl/N-ethyl adjacent to an activating group) is 1. The quantitative estimate of drug-likeness (QED) is 0.659. The maximum absolute atomic E-state index is 12.4. The van der Waals surface area contributed by atoms with E-state index >= 15 is 0 Å². The molecule has 0 fully saturated rings. The minimum absolute atomic E-state index is 0.0428. The minimum Gasteiger partial charge on any atom is -0.355 e. The van der Waals surface area contributed by atoms with E-state index in [4.69, 9.17) is 11.6 Å². The van der Waals surface area contributed by atoms with Crippen LogP contribution in [0.1, 0.15) is 40.7 Å². The highest BCUT2D eigenvalue weighted by atomic mass is 35.5. The van der Waals surface area contributed by atoms with Crippen molar-refractivity contribution in [1.82, 2.24) is 15.5 Å². The summed E-state index contributed by atoms with van der Waals surface area (Å²) < 4.78 is 0. The number of carbonyl (C=O) groups is 2. The van der Waals surface area contributed by atoms with Gasteiger partial charge in [-0.25, -0.2) is 0 Å². The van der Waals surface area contributed by atoms with Crippen LogP contribution in [0.4, 0.5) is 0 Å². The standard InChI is InChI=1S/C23H30ClN3O2/c1-16(18-8-6-5-7-9-18)12-22(28)26-15-19(27(3)4)13-17-10-11-20(21(24)14-17)23(29)25-2/h5-11,14,16,19H,12-13,15H2,1-4H3,(H,25,29)(H,26,28)/t16-,19-/m0/s1. The van der Waals surface area contributed by atoms with Gasteiger partial charge in [0.1, 0.15) is 0 Å². The Bertz CT molecular complexity index is 824. The van der Waals surface area contributed by atoms with E-state index in [2.05, 4.69) is 22.5 Å². The molecule has 2 aromatic rings. The van der Waals surface area contributed by atoms with E-state index in [0.717, 1.165) is 17.5 Å². The molecule has 2 N–H and O–H groups in total. The van der Waals surface area contributed by atoms with Gasteiger partial charge in [0.15, 0.2) is 0 Å². The summed E-state index contributed by atoms with van der Waals surface area (Å²) in [5.74, 6) is 0.0109. The lowest BCUT2D eigenvalue weighted by Gasteiger charge is -2.25. The number of benzene rings is 2. The van der Waals surface area contributed by atoms with Crippen LogP contribution >= 0.6 is 11.6 Å². The maximum atomic E-state index is 12.4. The van der Waals surface area contributed by atoms with Gasteiger partial charge in [-0.15, -0.1) is 0 Å². The predicted molar refractivity (Wildman–Crippen MR) is 119 cm³/mol. The van der Waals surface area contributed by atoms with E-state index in [1.54, 1.807) is 13.1 Å². The Morgan fingerprint density at radius 3 is 2.38 bits per heavy atom. The molecule has 0 spiro atoms. The maximum Gasteiger partial charge on any atom is 0.252 e. The van der Waals surface area contributed by atoms with Crippen molar-refractivity contribution in [2.24, 2.45) is 0 Å². The van der Waals surface area contributed by atoms with Crippen molar-refractivity contribution in [3.05, 3.63) is 70.2 Å². The Morgan fingerprint density at radius 1 is 1.10 bits per heavy atom. The molecule has 2 rings (SSSR count). The summed E-state index contributed by atoms with van der Waals surface area (Å²) in [6, 6.07) is 15.6. The molecule has 0 aliphatic rings. The van der Waals surface area contributed by atoms with Crippen LogP contribution in [0, 0.1) is 0 Å². The summed E-state index contributed by atoms with van der Waals surface area (Å²) in [5, 5.41) is 6.07.